The van der Waals surface area contributed by atoms with Crippen LogP contribution in [0.4, 0.5) is 0 Å². The first kappa shape index (κ1) is 19.6. The third-order valence-corrected chi connectivity index (χ3v) is 7.39. The van der Waals surface area contributed by atoms with E-state index in [1.807, 2.05) is 31.2 Å². The van der Waals surface area contributed by atoms with Gasteiger partial charge in [0.1, 0.15) is 4.90 Å². The molecule has 0 atom stereocenters. The molecule has 1 saturated heterocycles. The van der Waals surface area contributed by atoms with Crippen molar-refractivity contribution in [3.63, 3.8) is 0 Å². The fourth-order valence-electron chi connectivity index (χ4n) is 3.52. The predicted octanol–water partition coefficient (Wildman–Crippen LogP) is 1.42. The molecule has 3 rings (SSSR count). The minimum absolute atomic E-state index is 0.0371. The van der Waals surface area contributed by atoms with Gasteiger partial charge in [0, 0.05) is 33.2 Å². The van der Waals surface area contributed by atoms with Gasteiger partial charge in [-0.25, -0.2) is 8.42 Å². The second-order valence-electron chi connectivity index (χ2n) is 7.01. The first-order valence-corrected chi connectivity index (χ1v) is 10.5. The lowest BCUT2D eigenvalue weighted by Crippen LogP contribution is -2.51. The third-order valence-electron chi connectivity index (χ3n) is 5.23. The smallest absolute Gasteiger partial charge is 0.246 e. The molecule has 0 radical (unpaired) electrons. The Labute approximate surface area is 160 Å². The number of sulfonamides is 1. The molecule has 27 heavy (non-hydrogen) atoms. The summed E-state index contributed by atoms with van der Waals surface area (Å²) in [5.41, 5.74) is 3.24. The highest BCUT2D eigenvalue weighted by Crippen LogP contribution is 2.24. The number of nitrogens with zero attached hydrogens (tertiary/aromatic N) is 4. The van der Waals surface area contributed by atoms with E-state index >= 15 is 0 Å². The number of carbonyl (C=O) groups is 1. The van der Waals surface area contributed by atoms with Crippen molar-refractivity contribution in [3.05, 3.63) is 46.8 Å². The molecule has 2 heterocycles. The zero-order chi connectivity index (χ0) is 19.8. The summed E-state index contributed by atoms with van der Waals surface area (Å²) in [5, 5.41) is 4.22. The Morgan fingerprint density at radius 3 is 2.26 bits per heavy atom. The van der Waals surface area contributed by atoms with Gasteiger partial charge >= 0.3 is 0 Å². The predicted molar refractivity (Wildman–Crippen MR) is 103 cm³/mol. The summed E-state index contributed by atoms with van der Waals surface area (Å²) in [5.74, 6) is 0.0371. The molecule has 0 unspecified atom stereocenters. The number of benzene rings is 1. The van der Waals surface area contributed by atoms with Crippen LogP contribution in [0, 0.1) is 20.8 Å². The fourth-order valence-corrected chi connectivity index (χ4v) is 5.34. The minimum Gasteiger partial charge on any atom is -0.340 e. The molecule has 0 N–H and O–H groups in total. The van der Waals surface area contributed by atoms with Gasteiger partial charge in [-0.15, -0.1) is 0 Å². The lowest BCUT2D eigenvalue weighted by Gasteiger charge is -2.34. The summed E-state index contributed by atoms with van der Waals surface area (Å²) in [6, 6.07) is 7.83. The molecule has 8 heteroatoms. The second-order valence-corrected chi connectivity index (χ2v) is 8.89. The van der Waals surface area contributed by atoms with Gasteiger partial charge in [0.2, 0.25) is 15.9 Å². The molecule has 1 amide bonds. The van der Waals surface area contributed by atoms with Gasteiger partial charge < -0.3 is 4.90 Å². The number of carbonyl (C=O) groups excluding carboxylic acids is 1. The summed E-state index contributed by atoms with van der Waals surface area (Å²) < 4.78 is 29.1. The average Bonchev–Trinajstić information content (AvgIpc) is 2.89. The standard InChI is InChI=1S/C19H26N4O3S/c1-14-7-5-6-8-17(14)13-18(24)22-9-11-23(12-10-22)27(25,26)19-15(2)20-21(4)16(19)3/h5-8H,9-13H2,1-4H3. The minimum atomic E-state index is -3.61. The molecule has 1 fully saturated rings. The molecule has 1 aliphatic rings. The lowest BCUT2D eigenvalue weighted by atomic mass is 10.1. The van der Waals surface area contributed by atoms with E-state index in [4.69, 9.17) is 0 Å². The van der Waals surface area contributed by atoms with Crippen LogP contribution in [0.25, 0.3) is 0 Å². The largest absolute Gasteiger partial charge is 0.340 e. The molecule has 1 aromatic carbocycles. The summed E-state index contributed by atoms with van der Waals surface area (Å²) in [7, 11) is -1.87. The zero-order valence-corrected chi connectivity index (χ0v) is 17.1. The maximum absolute atomic E-state index is 13.0. The van der Waals surface area contributed by atoms with E-state index in [2.05, 4.69) is 5.10 Å². The lowest BCUT2D eigenvalue weighted by molar-refractivity contribution is -0.131. The fraction of sp³-hybridized carbons (Fsp3) is 0.474. The number of hydrogen-bond acceptors (Lipinski definition) is 4. The number of piperazine rings is 1. The van der Waals surface area contributed by atoms with E-state index in [0.29, 0.717) is 44.0 Å². The van der Waals surface area contributed by atoms with E-state index in [0.717, 1.165) is 11.1 Å². The van der Waals surface area contributed by atoms with Crippen LogP contribution in [0.2, 0.25) is 0 Å². The monoisotopic (exact) mass is 390 g/mol. The molecule has 1 aromatic heterocycles. The van der Waals surface area contributed by atoms with Crippen molar-refractivity contribution in [3.8, 4) is 0 Å². The van der Waals surface area contributed by atoms with E-state index in [1.54, 1.807) is 30.5 Å². The second kappa shape index (κ2) is 7.44. The van der Waals surface area contributed by atoms with Crippen molar-refractivity contribution in [1.29, 1.82) is 0 Å². The van der Waals surface area contributed by atoms with Gasteiger partial charge in [-0.05, 0) is 31.9 Å². The average molecular weight is 391 g/mol. The van der Waals surface area contributed by atoms with E-state index in [9.17, 15) is 13.2 Å². The Bertz CT molecular complexity index is 957. The quantitative estimate of drug-likeness (QED) is 0.791. The first-order valence-electron chi connectivity index (χ1n) is 9.04. The number of hydrogen-bond donors (Lipinski definition) is 0. The molecule has 146 valence electrons. The highest BCUT2D eigenvalue weighted by molar-refractivity contribution is 7.89. The van der Waals surface area contributed by atoms with Crippen molar-refractivity contribution in [1.82, 2.24) is 19.0 Å². The Kier molecular flexibility index (Phi) is 5.39. The Balaban J connectivity index is 1.68. The highest BCUT2D eigenvalue weighted by atomic mass is 32.2. The number of amides is 1. The van der Waals surface area contributed by atoms with Crippen molar-refractivity contribution in [2.24, 2.45) is 7.05 Å². The molecule has 1 aliphatic heterocycles. The summed E-state index contributed by atoms with van der Waals surface area (Å²) in [6.45, 7) is 6.87. The maximum atomic E-state index is 13.0. The van der Waals surface area contributed by atoms with Crippen LogP contribution in [0.5, 0.6) is 0 Å². The molecular formula is C19H26N4O3S. The van der Waals surface area contributed by atoms with Crippen molar-refractivity contribution in [2.45, 2.75) is 32.1 Å². The van der Waals surface area contributed by atoms with Crippen LogP contribution < -0.4 is 0 Å². The molecular weight excluding hydrogens is 364 g/mol. The SMILES string of the molecule is Cc1ccccc1CC(=O)N1CCN(S(=O)(=O)c2c(C)nn(C)c2C)CC1. The normalized spacial score (nSPS) is 15.9. The van der Waals surface area contributed by atoms with Gasteiger partial charge in [0.25, 0.3) is 0 Å². The van der Waals surface area contributed by atoms with Crippen molar-refractivity contribution >= 4 is 15.9 Å². The van der Waals surface area contributed by atoms with Gasteiger partial charge in [-0.3, -0.25) is 9.48 Å². The van der Waals surface area contributed by atoms with Crippen LogP contribution in [-0.4, -0.2) is 59.5 Å². The molecule has 2 aromatic rings. The van der Waals surface area contributed by atoms with Crippen LogP contribution in [-0.2, 0) is 28.3 Å². The summed E-state index contributed by atoms with van der Waals surface area (Å²) >= 11 is 0. The highest BCUT2D eigenvalue weighted by Gasteiger charge is 2.33. The Morgan fingerprint density at radius 2 is 1.70 bits per heavy atom. The Hall–Kier alpha value is -2.19. The molecule has 0 saturated carbocycles. The zero-order valence-electron chi connectivity index (χ0n) is 16.3. The van der Waals surface area contributed by atoms with Crippen LogP contribution in [0.1, 0.15) is 22.5 Å². The van der Waals surface area contributed by atoms with Gasteiger partial charge in [-0.2, -0.15) is 9.40 Å². The number of aromatic nitrogens is 2. The van der Waals surface area contributed by atoms with Crippen molar-refractivity contribution in [2.75, 3.05) is 26.2 Å². The van der Waals surface area contributed by atoms with Gasteiger partial charge in [0.05, 0.1) is 17.8 Å². The van der Waals surface area contributed by atoms with Crippen LogP contribution in [0.3, 0.4) is 0 Å². The summed E-state index contributed by atoms with van der Waals surface area (Å²) in [6.07, 6.45) is 0.347. The molecule has 0 spiro atoms. The van der Waals surface area contributed by atoms with Gasteiger partial charge in [0.15, 0.2) is 0 Å². The first-order chi connectivity index (χ1) is 12.7. The molecule has 7 nitrogen and oxygen atoms in total. The van der Waals surface area contributed by atoms with Crippen molar-refractivity contribution < 1.29 is 13.2 Å². The van der Waals surface area contributed by atoms with Crippen LogP contribution >= 0.6 is 0 Å². The van der Waals surface area contributed by atoms with E-state index in [-0.39, 0.29) is 10.8 Å². The van der Waals surface area contributed by atoms with Crippen LogP contribution in [0.15, 0.2) is 29.2 Å². The topological polar surface area (TPSA) is 75.5 Å². The van der Waals surface area contributed by atoms with E-state index < -0.39 is 10.0 Å². The number of aryl methyl sites for hydroxylation is 3. The Morgan fingerprint density at radius 1 is 1.07 bits per heavy atom. The summed E-state index contributed by atoms with van der Waals surface area (Å²) in [4.78, 5) is 14.6. The van der Waals surface area contributed by atoms with E-state index in [1.165, 1.54) is 4.31 Å². The maximum Gasteiger partial charge on any atom is 0.246 e. The molecule has 0 bridgehead atoms. The molecule has 0 aliphatic carbocycles. The number of rotatable bonds is 4. The van der Waals surface area contributed by atoms with Gasteiger partial charge in [-0.1, -0.05) is 24.3 Å². The third kappa shape index (κ3) is 3.77.